The van der Waals surface area contributed by atoms with Crippen molar-refractivity contribution in [2.75, 3.05) is 0 Å². The highest BCUT2D eigenvalue weighted by Crippen LogP contribution is 2.50. The van der Waals surface area contributed by atoms with Gasteiger partial charge in [-0.3, -0.25) is 9.89 Å². The Bertz CT molecular complexity index is 633. The summed E-state index contributed by atoms with van der Waals surface area (Å²) in [5.74, 6) is 0. The van der Waals surface area contributed by atoms with Gasteiger partial charge in [0.1, 0.15) is 0 Å². The van der Waals surface area contributed by atoms with Crippen molar-refractivity contribution in [1.29, 1.82) is 0 Å². The zero-order chi connectivity index (χ0) is 10.8. The number of aromatic amines is 1. The van der Waals surface area contributed by atoms with Gasteiger partial charge in [0.25, 0.3) is 5.56 Å². The monoisotopic (exact) mass is 215 g/mol. The first-order valence-corrected chi connectivity index (χ1v) is 5.90. The molecular weight excluding hydrogens is 202 g/mol. The number of aromatic nitrogens is 3. The molecule has 0 aliphatic heterocycles. The van der Waals surface area contributed by atoms with Gasteiger partial charge in [-0.05, 0) is 25.7 Å². The number of nitrogens with zero attached hydrogens (tertiary/aromatic N) is 2. The summed E-state index contributed by atoms with van der Waals surface area (Å²) in [6.45, 7) is 0. The summed E-state index contributed by atoms with van der Waals surface area (Å²) in [7, 11) is 0. The van der Waals surface area contributed by atoms with Crippen LogP contribution in [0.15, 0.2) is 17.1 Å². The molecule has 16 heavy (non-hydrogen) atoms. The molecule has 82 valence electrons. The second-order valence-corrected chi connectivity index (χ2v) is 5.03. The normalized spacial score (nSPS) is 21.2. The topological polar surface area (TPSA) is 50.2 Å². The van der Waals surface area contributed by atoms with Crippen LogP contribution in [-0.4, -0.2) is 14.6 Å². The summed E-state index contributed by atoms with van der Waals surface area (Å²) in [5, 5.41) is 2.92. The van der Waals surface area contributed by atoms with Crippen LogP contribution in [0.1, 0.15) is 36.9 Å². The van der Waals surface area contributed by atoms with E-state index < -0.39 is 0 Å². The molecule has 2 aliphatic carbocycles. The van der Waals surface area contributed by atoms with Gasteiger partial charge in [0.05, 0.1) is 5.69 Å². The SMILES string of the molecule is O=c1c2c(nc3cc[nH]n13)C1(CCC1)CC2. The highest BCUT2D eigenvalue weighted by atomic mass is 16.1. The van der Waals surface area contributed by atoms with Crippen LogP contribution in [-0.2, 0) is 11.8 Å². The Balaban J connectivity index is 2.10. The van der Waals surface area contributed by atoms with Gasteiger partial charge < -0.3 is 0 Å². The maximum Gasteiger partial charge on any atom is 0.276 e. The number of hydrogen-bond donors (Lipinski definition) is 1. The molecule has 4 nitrogen and oxygen atoms in total. The van der Waals surface area contributed by atoms with Crippen LogP contribution in [0.2, 0.25) is 0 Å². The lowest BCUT2D eigenvalue weighted by molar-refractivity contribution is 0.238. The summed E-state index contributed by atoms with van der Waals surface area (Å²) >= 11 is 0. The highest BCUT2D eigenvalue weighted by Gasteiger charge is 2.46. The zero-order valence-corrected chi connectivity index (χ0v) is 8.99. The predicted molar refractivity (Wildman–Crippen MR) is 59.7 cm³/mol. The molecule has 2 aliphatic rings. The molecule has 0 unspecified atom stereocenters. The van der Waals surface area contributed by atoms with E-state index >= 15 is 0 Å². The van der Waals surface area contributed by atoms with Gasteiger partial charge in [0.15, 0.2) is 5.65 Å². The minimum Gasteiger partial charge on any atom is -0.297 e. The Morgan fingerprint density at radius 2 is 2.25 bits per heavy atom. The molecule has 2 aromatic rings. The van der Waals surface area contributed by atoms with Gasteiger partial charge in [0, 0.05) is 23.2 Å². The van der Waals surface area contributed by atoms with E-state index in [-0.39, 0.29) is 11.0 Å². The zero-order valence-electron chi connectivity index (χ0n) is 8.99. The third kappa shape index (κ3) is 0.821. The molecule has 0 atom stereocenters. The lowest BCUT2D eigenvalue weighted by Crippen LogP contribution is -2.33. The van der Waals surface area contributed by atoms with Crippen molar-refractivity contribution in [1.82, 2.24) is 14.6 Å². The van der Waals surface area contributed by atoms with E-state index in [1.165, 1.54) is 19.3 Å². The van der Waals surface area contributed by atoms with Crippen molar-refractivity contribution in [3.8, 4) is 0 Å². The quantitative estimate of drug-likeness (QED) is 0.722. The Labute approximate surface area is 92.3 Å². The first kappa shape index (κ1) is 8.56. The van der Waals surface area contributed by atoms with Crippen molar-refractivity contribution in [2.24, 2.45) is 0 Å². The van der Waals surface area contributed by atoms with Crippen LogP contribution < -0.4 is 5.56 Å². The second kappa shape index (κ2) is 2.56. The standard InChI is InChI=1S/C12H13N3O/c16-11-8-2-6-12(4-1-5-12)10(8)14-9-3-7-13-15(9)11/h3,7,13H,1-2,4-6H2. The maximum absolute atomic E-state index is 12.2. The van der Waals surface area contributed by atoms with Crippen molar-refractivity contribution >= 4 is 5.65 Å². The van der Waals surface area contributed by atoms with Gasteiger partial charge in [0.2, 0.25) is 0 Å². The van der Waals surface area contributed by atoms with E-state index in [2.05, 4.69) is 10.1 Å². The molecule has 1 N–H and O–H groups in total. The molecule has 0 saturated heterocycles. The Morgan fingerprint density at radius 3 is 3.00 bits per heavy atom. The third-order valence-electron chi connectivity index (χ3n) is 4.31. The maximum atomic E-state index is 12.2. The number of fused-ring (bicyclic) bond motifs is 3. The Hall–Kier alpha value is -1.58. The van der Waals surface area contributed by atoms with Gasteiger partial charge in [-0.15, -0.1) is 0 Å². The van der Waals surface area contributed by atoms with Crippen LogP contribution in [0.3, 0.4) is 0 Å². The number of hydrogen-bond acceptors (Lipinski definition) is 2. The Kier molecular flexibility index (Phi) is 1.37. The number of rotatable bonds is 0. The van der Waals surface area contributed by atoms with Crippen molar-refractivity contribution in [3.63, 3.8) is 0 Å². The lowest BCUT2D eigenvalue weighted by Gasteiger charge is -2.38. The second-order valence-electron chi connectivity index (χ2n) is 5.03. The Morgan fingerprint density at radius 1 is 1.38 bits per heavy atom. The van der Waals surface area contributed by atoms with Crippen LogP contribution in [0.25, 0.3) is 5.65 Å². The molecule has 1 saturated carbocycles. The largest absolute Gasteiger partial charge is 0.297 e. The number of H-pyrrole nitrogens is 1. The molecule has 0 bridgehead atoms. The average Bonchev–Trinajstić information content (AvgIpc) is 2.80. The lowest BCUT2D eigenvalue weighted by atomic mass is 9.67. The molecule has 2 aromatic heterocycles. The van der Waals surface area contributed by atoms with E-state index in [0.29, 0.717) is 0 Å². The first-order chi connectivity index (χ1) is 7.80. The van der Waals surface area contributed by atoms with Crippen LogP contribution >= 0.6 is 0 Å². The minimum atomic E-state index is 0.105. The molecule has 1 fully saturated rings. The molecule has 4 heteroatoms. The number of nitrogens with one attached hydrogen (secondary N) is 1. The summed E-state index contributed by atoms with van der Waals surface area (Å²) in [6, 6.07) is 1.87. The third-order valence-corrected chi connectivity index (χ3v) is 4.31. The van der Waals surface area contributed by atoms with Gasteiger partial charge in [-0.25, -0.2) is 9.50 Å². The fourth-order valence-electron chi connectivity index (χ4n) is 3.23. The fourth-order valence-corrected chi connectivity index (χ4v) is 3.23. The van der Waals surface area contributed by atoms with Gasteiger partial charge in [-0.1, -0.05) is 6.42 Å². The molecule has 0 aromatic carbocycles. The van der Waals surface area contributed by atoms with E-state index in [1.54, 1.807) is 10.7 Å². The van der Waals surface area contributed by atoms with E-state index in [4.69, 9.17) is 0 Å². The predicted octanol–water partition coefficient (Wildman–Crippen LogP) is 1.39. The summed E-state index contributed by atoms with van der Waals surface area (Å²) in [4.78, 5) is 16.9. The minimum absolute atomic E-state index is 0.105. The van der Waals surface area contributed by atoms with E-state index in [1.807, 2.05) is 6.07 Å². The van der Waals surface area contributed by atoms with Gasteiger partial charge >= 0.3 is 0 Å². The van der Waals surface area contributed by atoms with E-state index in [0.717, 1.165) is 29.7 Å². The van der Waals surface area contributed by atoms with Gasteiger partial charge in [-0.2, -0.15) is 0 Å². The first-order valence-electron chi connectivity index (χ1n) is 5.90. The van der Waals surface area contributed by atoms with Crippen LogP contribution in [0.5, 0.6) is 0 Å². The highest BCUT2D eigenvalue weighted by molar-refractivity contribution is 5.44. The van der Waals surface area contributed by atoms with Crippen molar-refractivity contribution in [3.05, 3.63) is 33.9 Å². The summed E-state index contributed by atoms with van der Waals surface area (Å²) in [5.41, 5.74) is 3.18. The van der Waals surface area contributed by atoms with Crippen molar-refractivity contribution in [2.45, 2.75) is 37.5 Å². The van der Waals surface area contributed by atoms with Crippen LogP contribution in [0, 0.1) is 0 Å². The van der Waals surface area contributed by atoms with Crippen LogP contribution in [0.4, 0.5) is 0 Å². The fraction of sp³-hybridized carbons (Fsp3) is 0.500. The molecule has 0 amide bonds. The molecular formula is C12H13N3O. The molecule has 0 radical (unpaired) electrons. The average molecular weight is 215 g/mol. The van der Waals surface area contributed by atoms with E-state index in [9.17, 15) is 4.79 Å². The summed E-state index contributed by atoms with van der Waals surface area (Å²) in [6.07, 6.45) is 7.51. The molecule has 2 heterocycles. The molecule has 4 rings (SSSR count). The van der Waals surface area contributed by atoms with Crippen molar-refractivity contribution < 1.29 is 0 Å². The summed E-state index contributed by atoms with van der Waals surface area (Å²) < 4.78 is 1.55. The molecule has 1 spiro atoms. The smallest absolute Gasteiger partial charge is 0.276 e.